The first-order valence-electron chi connectivity index (χ1n) is 30.1. The molecule has 0 aliphatic heterocycles. The fourth-order valence-corrected chi connectivity index (χ4v) is 9.19. The van der Waals surface area contributed by atoms with E-state index in [2.05, 4.69) is 74.7 Å². The predicted molar refractivity (Wildman–Crippen MR) is 307 cm³/mol. The van der Waals surface area contributed by atoms with Gasteiger partial charge in [-0.3, -0.25) is 14.2 Å². The van der Waals surface area contributed by atoms with Crippen molar-refractivity contribution < 1.29 is 37.3 Å². The van der Waals surface area contributed by atoms with Crippen molar-refractivity contribution in [3.8, 4) is 0 Å². The van der Waals surface area contributed by atoms with E-state index in [0.29, 0.717) is 23.9 Å². The van der Waals surface area contributed by atoms with E-state index >= 15 is 0 Å². The number of phosphoric ester groups is 1. The van der Waals surface area contributed by atoms with E-state index in [1.54, 1.807) is 0 Å². The molecule has 0 rings (SSSR count). The predicted octanol–water partition coefficient (Wildman–Crippen LogP) is 17.6. The Morgan fingerprint density at radius 1 is 0.486 bits per heavy atom. The van der Waals surface area contributed by atoms with Gasteiger partial charge in [0.15, 0.2) is 0 Å². The Hall–Kier alpha value is -2.29. The van der Waals surface area contributed by atoms with Crippen LogP contribution in [-0.4, -0.2) is 69.4 Å². The van der Waals surface area contributed by atoms with E-state index in [1.165, 1.54) is 141 Å². The number of nitrogens with zero attached hydrogens (tertiary/aromatic N) is 1. The Morgan fingerprint density at radius 3 is 1.32 bits per heavy atom. The fraction of sp³-hybridized carbons (Fsp3) is 0.806. The van der Waals surface area contributed by atoms with Crippen LogP contribution in [0.4, 0.5) is 0 Å². The number of phosphoric acid groups is 1. The summed E-state index contributed by atoms with van der Waals surface area (Å²) in [5.74, 6) is -0.558. The van der Waals surface area contributed by atoms with Gasteiger partial charge in [-0.1, -0.05) is 223 Å². The number of likely N-dealkylation sites (N-methyl/N-ethyl adjacent to an activating group) is 1. The van der Waals surface area contributed by atoms with Crippen LogP contribution in [0.15, 0.2) is 60.8 Å². The number of hydrogen-bond donors (Lipinski definition) is 1. The second kappa shape index (κ2) is 52.2. The first kappa shape index (κ1) is 69.7. The zero-order valence-electron chi connectivity index (χ0n) is 47.9. The maximum atomic E-state index is 13.5. The van der Waals surface area contributed by atoms with E-state index in [1.807, 2.05) is 33.3 Å². The molecule has 9 nitrogen and oxygen atoms in total. The highest BCUT2D eigenvalue weighted by molar-refractivity contribution is 7.45. The topological polar surface area (TPSA) is 114 Å². The summed E-state index contributed by atoms with van der Waals surface area (Å²) in [6.07, 6.45) is 64.6. The Labute approximate surface area is 445 Å². The third-order valence-corrected chi connectivity index (χ3v) is 14.1. The van der Waals surface area contributed by atoms with Gasteiger partial charge in [-0.25, -0.2) is 0 Å². The first-order chi connectivity index (χ1) is 34.9. The lowest BCUT2D eigenvalue weighted by molar-refractivity contribution is -0.870. The van der Waals surface area contributed by atoms with Crippen molar-refractivity contribution in [1.82, 2.24) is 5.32 Å². The molecule has 420 valence electrons. The summed E-state index contributed by atoms with van der Waals surface area (Å²) in [5, 5.41) is 3.02. The SMILES string of the molecule is CCCCC/C=C\C/C=C\C/C=C\CCCCCCCCC(=O)OC(/C=C/CCCCCCCCCCCC)C(COP(=O)([O-])OCC[N+](C)(C)C)NC(=O)CCCCCCCCC/C=C\CCCCCC. The van der Waals surface area contributed by atoms with Crippen LogP contribution in [0.25, 0.3) is 0 Å². The molecule has 0 saturated carbocycles. The van der Waals surface area contributed by atoms with Gasteiger partial charge in [-0.15, -0.1) is 0 Å². The molecule has 0 bridgehead atoms. The quantitative estimate of drug-likeness (QED) is 0.0212. The van der Waals surface area contributed by atoms with Gasteiger partial charge in [0.1, 0.15) is 19.3 Å². The number of amides is 1. The van der Waals surface area contributed by atoms with Crippen molar-refractivity contribution in [3.63, 3.8) is 0 Å². The van der Waals surface area contributed by atoms with Crippen molar-refractivity contribution in [2.24, 2.45) is 0 Å². The molecule has 0 radical (unpaired) electrons. The summed E-state index contributed by atoms with van der Waals surface area (Å²) >= 11 is 0. The number of carbonyl (C=O) groups is 2. The molecule has 3 atom stereocenters. The van der Waals surface area contributed by atoms with E-state index in [-0.39, 0.29) is 24.9 Å². The Bertz CT molecular complexity index is 1420. The van der Waals surface area contributed by atoms with Crippen molar-refractivity contribution in [1.29, 1.82) is 0 Å². The van der Waals surface area contributed by atoms with Gasteiger partial charge in [0, 0.05) is 12.8 Å². The summed E-state index contributed by atoms with van der Waals surface area (Å²) in [6, 6.07) is -0.896. The number of ether oxygens (including phenoxy) is 1. The lowest BCUT2D eigenvalue weighted by Gasteiger charge is -2.30. The molecule has 0 aliphatic carbocycles. The Balaban J connectivity index is 5.32. The molecule has 1 amide bonds. The van der Waals surface area contributed by atoms with Crippen LogP contribution in [0, 0.1) is 0 Å². The van der Waals surface area contributed by atoms with Gasteiger partial charge < -0.3 is 28.5 Å². The average molecular weight is 1030 g/mol. The van der Waals surface area contributed by atoms with E-state index in [4.69, 9.17) is 13.8 Å². The average Bonchev–Trinajstić information content (AvgIpc) is 3.34. The highest BCUT2D eigenvalue weighted by Crippen LogP contribution is 2.38. The van der Waals surface area contributed by atoms with Crippen LogP contribution in [0.3, 0.4) is 0 Å². The summed E-state index contributed by atoms with van der Waals surface area (Å²) in [7, 11) is 1.17. The summed E-state index contributed by atoms with van der Waals surface area (Å²) in [4.78, 5) is 39.9. The second-order valence-corrected chi connectivity index (χ2v) is 22.9. The maximum Gasteiger partial charge on any atom is 0.306 e. The highest BCUT2D eigenvalue weighted by Gasteiger charge is 2.27. The monoisotopic (exact) mass is 1030 g/mol. The van der Waals surface area contributed by atoms with Crippen LogP contribution in [0.1, 0.15) is 271 Å². The van der Waals surface area contributed by atoms with Crippen LogP contribution in [-0.2, 0) is 27.9 Å². The van der Waals surface area contributed by atoms with Gasteiger partial charge in [-0.2, -0.15) is 0 Å². The Kier molecular flexibility index (Phi) is 50.5. The minimum absolute atomic E-state index is 0.0264. The summed E-state index contributed by atoms with van der Waals surface area (Å²) < 4.78 is 30.3. The molecule has 3 unspecified atom stereocenters. The third kappa shape index (κ3) is 52.6. The zero-order valence-corrected chi connectivity index (χ0v) is 48.8. The number of nitrogens with one attached hydrogen (secondary N) is 1. The fourth-order valence-electron chi connectivity index (χ4n) is 8.46. The molecule has 1 N–H and O–H groups in total. The number of unbranched alkanes of at least 4 members (excludes halogenated alkanes) is 30. The van der Waals surface area contributed by atoms with Crippen molar-refractivity contribution >= 4 is 19.7 Å². The van der Waals surface area contributed by atoms with Crippen molar-refractivity contribution in [3.05, 3.63) is 60.8 Å². The molecule has 0 fully saturated rings. The maximum absolute atomic E-state index is 13.5. The molecular formula is C62H115N2O7P. The number of quaternary nitrogens is 1. The standard InChI is InChI=1S/C62H115N2O7P/c1-7-10-13-16-19-22-25-28-30-31-32-33-35-37-40-43-46-49-52-55-62(66)71-60(53-50-47-44-41-38-27-24-21-18-15-12-9-3)59(58-70-72(67,68)69-57-56-64(4,5)6)63-61(65)54-51-48-45-42-39-36-34-29-26-23-20-17-14-11-8-2/h19,22-23,26,28,30,32-33,50,53,59-60H,7-18,20-21,24-25,27,29,31,34-49,51-52,54-58H2,1-6H3,(H-,63,65,67,68)/b22-19-,26-23-,30-28-,33-32-,53-50+. The van der Waals surface area contributed by atoms with Gasteiger partial charge in [-0.05, 0) is 96.0 Å². The molecule has 0 aromatic heterocycles. The molecule has 0 heterocycles. The zero-order chi connectivity index (χ0) is 52.9. The summed E-state index contributed by atoms with van der Waals surface area (Å²) in [6.45, 7) is 6.80. The van der Waals surface area contributed by atoms with Gasteiger partial charge in [0.05, 0.1) is 33.8 Å². The minimum atomic E-state index is -4.70. The van der Waals surface area contributed by atoms with Crippen molar-refractivity contribution in [2.45, 2.75) is 283 Å². The van der Waals surface area contributed by atoms with Crippen LogP contribution < -0.4 is 10.2 Å². The number of carbonyl (C=O) groups excluding carboxylic acids is 2. The molecule has 0 spiro atoms. The molecule has 0 aliphatic rings. The molecule has 72 heavy (non-hydrogen) atoms. The highest BCUT2D eigenvalue weighted by atomic mass is 31.2. The summed E-state index contributed by atoms with van der Waals surface area (Å²) in [5.41, 5.74) is 0. The molecule has 10 heteroatoms. The number of hydrogen-bond acceptors (Lipinski definition) is 7. The Morgan fingerprint density at radius 2 is 0.847 bits per heavy atom. The van der Waals surface area contributed by atoms with E-state index in [0.717, 1.165) is 89.9 Å². The van der Waals surface area contributed by atoms with Gasteiger partial charge in [0.2, 0.25) is 5.91 Å². The third-order valence-electron chi connectivity index (χ3n) is 13.2. The van der Waals surface area contributed by atoms with Crippen LogP contribution in [0.2, 0.25) is 0 Å². The van der Waals surface area contributed by atoms with E-state index in [9.17, 15) is 19.0 Å². The van der Waals surface area contributed by atoms with Gasteiger partial charge >= 0.3 is 5.97 Å². The molecular weight excluding hydrogens is 916 g/mol. The largest absolute Gasteiger partial charge is 0.756 e. The minimum Gasteiger partial charge on any atom is -0.756 e. The lowest BCUT2D eigenvalue weighted by Crippen LogP contribution is -2.47. The lowest BCUT2D eigenvalue weighted by atomic mass is 10.0. The van der Waals surface area contributed by atoms with Crippen LogP contribution in [0.5, 0.6) is 0 Å². The molecule has 0 aromatic rings. The molecule has 0 aromatic carbocycles. The van der Waals surface area contributed by atoms with Crippen LogP contribution >= 0.6 is 7.82 Å². The van der Waals surface area contributed by atoms with Gasteiger partial charge in [0.25, 0.3) is 7.82 Å². The molecule has 0 saturated heterocycles. The van der Waals surface area contributed by atoms with E-state index < -0.39 is 26.6 Å². The number of esters is 1. The second-order valence-electron chi connectivity index (χ2n) is 21.5. The number of allylic oxidation sites excluding steroid dienone is 9. The normalized spacial score (nSPS) is 14.2. The smallest absolute Gasteiger partial charge is 0.306 e. The van der Waals surface area contributed by atoms with Crippen molar-refractivity contribution in [2.75, 3.05) is 40.9 Å². The number of rotatable bonds is 54. The first-order valence-corrected chi connectivity index (χ1v) is 31.6.